The van der Waals surface area contributed by atoms with Gasteiger partial charge in [-0.05, 0) is 31.0 Å². The van der Waals surface area contributed by atoms with Gasteiger partial charge >= 0.3 is 0 Å². The van der Waals surface area contributed by atoms with Crippen molar-refractivity contribution in [1.82, 2.24) is 24.8 Å². The molecular weight excluding hydrogens is 377 g/mol. The van der Waals surface area contributed by atoms with Crippen LogP contribution in [0.5, 0.6) is 5.75 Å². The molecule has 148 valence electrons. The topological polar surface area (TPSA) is 99.0 Å². The Kier molecular flexibility index (Phi) is 5.03. The summed E-state index contributed by atoms with van der Waals surface area (Å²) in [6.07, 6.45) is 4.29. The highest BCUT2D eigenvalue weighted by atomic mass is 19.1. The summed E-state index contributed by atoms with van der Waals surface area (Å²) in [7, 11) is 1.37. The first-order valence-electron chi connectivity index (χ1n) is 9.09. The first-order valence-corrected chi connectivity index (χ1v) is 9.09. The van der Waals surface area contributed by atoms with Crippen molar-refractivity contribution in [2.45, 2.75) is 25.4 Å². The monoisotopic (exact) mass is 395 g/mol. The first-order chi connectivity index (χ1) is 14.1. The average molecular weight is 395 g/mol. The third-order valence-corrected chi connectivity index (χ3v) is 4.78. The van der Waals surface area contributed by atoms with Crippen molar-refractivity contribution in [2.75, 3.05) is 7.11 Å². The van der Waals surface area contributed by atoms with Gasteiger partial charge in [-0.15, -0.1) is 0 Å². The smallest absolute Gasteiger partial charge is 0.255 e. The molecular formula is C20H18FN5O3. The molecule has 0 aliphatic carbocycles. The van der Waals surface area contributed by atoms with E-state index in [1.807, 2.05) is 0 Å². The highest BCUT2D eigenvalue weighted by Gasteiger charge is 2.26. The van der Waals surface area contributed by atoms with Gasteiger partial charge < -0.3 is 10.1 Å². The number of halogens is 1. The second-order valence-corrected chi connectivity index (χ2v) is 6.60. The number of benzene rings is 1. The number of methoxy groups -OCH3 is 1. The zero-order valence-corrected chi connectivity index (χ0v) is 15.6. The number of fused-ring (bicyclic) bond motifs is 1. The highest BCUT2D eigenvalue weighted by Crippen LogP contribution is 2.26. The number of ether oxygens (including phenoxy) is 1. The van der Waals surface area contributed by atoms with Gasteiger partial charge in [-0.3, -0.25) is 14.2 Å². The van der Waals surface area contributed by atoms with Crippen LogP contribution in [-0.2, 0) is 6.54 Å². The molecule has 1 aliphatic rings. The Hall–Kier alpha value is -3.62. The van der Waals surface area contributed by atoms with Crippen molar-refractivity contribution < 1.29 is 13.9 Å². The number of nitrogens with zero attached hydrogens (tertiary/aromatic N) is 4. The quantitative estimate of drug-likeness (QED) is 0.727. The van der Waals surface area contributed by atoms with Crippen LogP contribution in [0.1, 0.15) is 35.1 Å². The molecule has 4 rings (SSSR count). The van der Waals surface area contributed by atoms with Crippen molar-refractivity contribution >= 4 is 5.91 Å². The van der Waals surface area contributed by atoms with Crippen LogP contribution in [0.4, 0.5) is 4.39 Å². The summed E-state index contributed by atoms with van der Waals surface area (Å²) in [5, 5.41) is 2.90. The molecule has 1 N–H and O–H groups in total. The van der Waals surface area contributed by atoms with E-state index in [0.717, 1.165) is 6.07 Å². The summed E-state index contributed by atoms with van der Waals surface area (Å²) in [4.78, 5) is 38.0. The van der Waals surface area contributed by atoms with Crippen LogP contribution in [0.25, 0.3) is 11.4 Å². The van der Waals surface area contributed by atoms with E-state index in [4.69, 9.17) is 4.74 Å². The molecule has 0 saturated heterocycles. The molecule has 1 aliphatic heterocycles. The van der Waals surface area contributed by atoms with Crippen molar-refractivity contribution in [3.63, 3.8) is 0 Å². The lowest BCUT2D eigenvalue weighted by atomic mass is 10.0. The lowest BCUT2D eigenvalue weighted by Gasteiger charge is -2.27. The van der Waals surface area contributed by atoms with Crippen molar-refractivity contribution in [2.24, 2.45) is 0 Å². The molecule has 1 amide bonds. The average Bonchev–Trinajstić information content (AvgIpc) is 2.74. The molecule has 1 aromatic carbocycles. The van der Waals surface area contributed by atoms with Gasteiger partial charge in [-0.2, -0.15) is 0 Å². The molecule has 1 atom stereocenters. The Labute approximate surface area is 165 Å². The maximum atomic E-state index is 13.4. The van der Waals surface area contributed by atoms with Gasteiger partial charge in [0.15, 0.2) is 0 Å². The van der Waals surface area contributed by atoms with E-state index in [-0.39, 0.29) is 16.9 Å². The number of aromatic nitrogens is 4. The molecule has 3 aromatic rings. The van der Waals surface area contributed by atoms with E-state index >= 15 is 0 Å². The maximum absolute atomic E-state index is 13.4. The van der Waals surface area contributed by atoms with Crippen LogP contribution in [0.2, 0.25) is 0 Å². The number of hydrogen-bond acceptors (Lipinski definition) is 6. The Bertz CT molecular complexity index is 1120. The first kappa shape index (κ1) is 18.7. The minimum absolute atomic E-state index is 0.137. The summed E-state index contributed by atoms with van der Waals surface area (Å²) in [5.41, 5.74) is 0.947. The third kappa shape index (κ3) is 3.71. The molecule has 0 saturated carbocycles. The van der Waals surface area contributed by atoms with Gasteiger partial charge in [-0.25, -0.2) is 19.3 Å². The Balaban J connectivity index is 1.69. The second kappa shape index (κ2) is 7.78. The zero-order chi connectivity index (χ0) is 20.4. The van der Waals surface area contributed by atoms with Crippen LogP contribution in [0.15, 0.2) is 47.7 Å². The number of amides is 1. The van der Waals surface area contributed by atoms with Crippen molar-refractivity contribution in [1.29, 1.82) is 0 Å². The van der Waals surface area contributed by atoms with Gasteiger partial charge in [-0.1, -0.05) is 0 Å². The summed E-state index contributed by atoms with van der Waals surface area (Å²) < 4.78 is 20.1. The van der Waals surface area contributed by atoms with Gasteiger partial charge in [0.1, 0.15) is 23.7 Å². The SMILES string of the molecule is COc1cc(F)ccc1C(=O)NC1CCCn2c1nc(-c1ccncn1)cc2=O. The Morgan fingerprint density at radius 3 is 2.90 bits per heavy atom. The maximum Gasteiger partial charge on any atom is 0.255 e. The van der Waals surface area contributed by atoms with Gasteiger partial charge in [0, 0.05) is 24.9 Å². The summed E-state index contributed by atoms with van der Waals surface area (Å²) >= 11 is 0. The fourth-order valence-electron chi connectivity index (χ4n) is 3.40. The molecule has 3 heterocycles. The standard InChI is InChI=1S/C20H18FN5O3/c1-29-17-9-12(21)4-5-13(17)20(28)25-15-3-2-8-26-18(27)10-16(24-19(15)26)14-6-7-22-11-23-14/h4-7,9-11,15H,2-3,8H2,1H3,(H,25,28). The molecule has 0 spiro atoms. The van der Waals surface area contributed by atoms with E-state index in [9.17, 15) is 14.0 Å². The van der Waals surface area contributed by atoms with Crippen LogP contribution in [0, 0.1) is 5.82 Å². The molecule has 0 bridgehead atoms. The van der Waals surface area contributed by atoms with E-state index in [2.05, 4.69) is 20.3 Å². The van der Waals surface area contributed by atoms with E-state index in [0.29, 0.717) is 36.6 Å². The Morgan fingerprint density at radius 2 is 2.14 bits per heavy atom. The summed E-state index contributed by atoms with van der Waals surface area (Å²) in [6, 6.07) is 6.34. The number of hydrogen-bond donors (Lipinski definition) is 1. The molecule has 29 heavy (non-hydrogen) atoms. The minimum atomic E-state index is -0.496. The number of carbonyl (C=O) groups excluding carboxylic acids is 1. The van der Waals surface area contributed by atoms with Crippen molar-refractivity contribution in [3.8, 4) is 17.1 Å². The van der Waals surface area contributed by atoms with E-state index < -0.39 is 17.8 Å². The van der Waals surface area contributed by atoms with Crippen molar-refractivity contribution in [3.05, 3.63) is 70.4 Å². The number of nitrogens with one attached hydrogen (secondary N) is 1. The fraction of sp³-hybridized carbons (Fsp3) is 0.250. The van der Waals surface area contributed by atoms with E-state index in [1.165, 1.54) is 31.6 Å². The van der Waals surface area contributed by atoms with Gasteiger partial charge in [0.2, 0.25) is 0 Å². The summed E-state index contributed by atoms with van der Waals surface area (Å²) in [5.74, 6) is -0.323. The molecule has 1 unspecified atom stereocenters. The fourth-order valence-corrected chi connectivity index (χ4v) is 3.40. The normalized spacial score (nSPS) is 15.4. The molecule has 0 fully saturated rings. The largest absolute Gasteiger partial charge is 0.496 e. The predicted octanol–water partition coefficient (Wildman–Crippen LogP) is 2.11. The van der Waals surface area contributed by atoms with E-state index in [1.54, 1.807) is 16.8 Å². The third-order valence-electron chi connectivity index (χ3n) is 4.78. The molecule has 2 aromatic heterocycles. The van der Waals surface area contributed by atoms with Gasteiger partial charge in [0.25, 0.3) is 11.5 Å². The van der Waals surface area contributed by atoms with Gasteiger partial charge in [0.05, 0.1) is 30.1 Å². The lowest BCUT2D eigenvalue weighted by molar-refractivity contribution is 0.0924. The minimum Gasteiger partial charge on any atom is -0.496 e. The number of carbonyl (C=O) groups is 1. The number of rotatable bonds is 4. The highest BCUT2D eigenvalue weighted by molar-refractivity contribution is 5.97. The molecule has 9 heteroatoms. The second-order valence-electron chi connectivity index (χ2n) is 6.60. The van der Waals surface area contributed by atoms with Crippen LogP contribution in [-0.4, -0.2) is 32.5 Å². The predicted molar refractivity (Wildman–Crippen MR) is 102 cm³/mol. The Morgan fingerprint density at radius 1 is 1.28 bits per heavy atom. The van der Waals surface area contributed by atoms with Crippen LogP contribution >= 0.6 is 0 Å². The summed E-state index contributed by atoms with van der Waals surface area (Å²) in [6.45, 7) is 0.525. The van der Waals surface area contributed by atoms with Crippen LogP contribution < -0.4 is 15.6 Å². The van der Waals surface area contributed by atoms with Crippen LogP contribution in [0.3, 0.4) is 0 Å². The lowest BCUT2D eigenvalue weighted by Crippen LogP contribution is -2.38. The zero-order valence-electron chi connectivity index (χ0n) is 15.6. The molecule has 8 nitrogen and oxygen atoms in total. The molecule has 0 radical (unpaired) electrons.